The Kier molecular flexibility index (Phi) is 2.95. The second kappa shape index (κ2) is 4.41. The van der Waals surface area contributed by atoms with Gasteiger partial charge in [0.2, 0.25) is 0 Å². The second-order valence-corrected chi connectivity index (χ2v) is 4.15. The van der Waals surface area contributed by atoms with Crippen LogP contribution in [0.25, 0.3) is 0 Å². The van der Waals surface area contributed by atoms with E-state index in [-0.39, 0.29) is 0 Å². The van der Waals surface area contributed by atoms with E-state index in [9.17, 15) is 0 Å². The lowest BCUT2D eigenvalue weighted by molar-refractivity contribution is 1.06. The maximum atomic E-state index is 5.68. The smallest absolute Gasteiger partial charge is 0.136 e. The van der Waals surface area contributed by atoms with E-state index in [1.54, 1.807) is 6.07 Å². The number of nitrogens with one attached hydrogen (secondary N) is 1. The van der Waals surface area contributed by atoms with Crippen LogP contribution in [-0.2, 0) is 0 Å². The SMILES string of the molecule is Cc1nc(N)cc(Nc2ccc(C)c(C)c2)n1. The average molecular weight is 228 g/mol. The zero-order valence-corrected chi connectivity index (χ0v) is 10.3. The molecule has 3 N–H and O–H groups in total. The first kappa shape index (κ1) is 11.4. The van der Waals surface area contributed by atoms with Crippen molar-refractivity contribution < 1.29 is 0 Å². The van der Waals surface area contributed by atoms with Crippen molar-refractivity contribution in [2.24, 2.45) is 0 Å². The van der Waals surface area contributed by atoms with E-state index >= 15 is 0 Å². The molecule has 0 saturated carbocycles. The highest BCUT2D eigenvalue weighted by atomic mass is 15.0. The van der Waals surface area contributed by atoms with E-state index in [2.05, 4.69) is 41.3 Å². The van der Waals surface area contributed by atoms with Crippen molar-refractivity contribution in [1.82, 2.24) is 9.97 Å². The molecule has 0 spiro atoms. The highest BCUT2D eigenvalue weighted by Crippen LogP contribution is 2.19. The highest BCUT2D eigenvalue weighted by molar-refractivity contribution is 5.59. The van der Waals surface area contributed by atoms with Crippen LogP contribution in [0, 0.1) is 20.8 Å². The first-order valence-electron chi connectivity index (χ1n) is 5.50. The molecule has 2 aromatic rings. The lowest BCUT2D eigenvalue weighted by atomic mass is 10.1. The fraction of sp³-hybridized carbons (Fsp3) is 0.231. The molecule has 0 amide bonds. The van der Waals surface area contributed by atoms with Crippen LogP contribution in [0.15, 0.2) is 24.3 Å². The van der Waals surface area contributed by atoms with Gasteiger partial charge < -0.3 is 11.1 Å². The predicted molar refractivity (Wildman–Crippen MR) is 70.4 cm³/mol. The molecule has 0 aliphatic carbocycles. The van der Waals surface area contributed by atoms with Gasteiger partial charge in [-0.1, -0.05) is 6.07 Å². The summed E-state index contributed by atoms with van der Waals surface area (Å²) in [5.41, 5.74) is 9.20. The monoisotopic (exact) mass is 228 g/mol. The molecule has 17 heavy (non-hydrogen) atoms. The number of benzene rings is 1. The zero-order valence-electron chi connectivity index (χ0n) is 10.3. The average Bonchev–Trinajstić information content (AvgIpc) is 2.22. The lowest BCUT2D eigenvalue weighted by Crippen LogP contribution is -2.00. The maximum absolute atomic E-state index is 5.68. The first-order chi connectivity index (χ1) is 8.04. The fourth-order valence-electron chi connectivity index (χ4n) is 1.62. The molecule has 0 bridgehead atoms. The van der Waals surface area contributed by atoms with Gasteiger partial charge in [-0.05, 0) is 44.0 Å². The summed E-state index contributed by atoms with van der Waals surface area (Å²) in [5, 5.41) is 3.22. The van der Waals surface area contributed by atoms with Crippen LogP contribution >= 0.6 is 0 Å². The second-order valence-electron chi connectivity index (χ2n) is 4.15. The number of nitrogen functional groups attached to an aromatic ring is 1. The number of aryl methyl sites for hydroxylation is 3. The fourth-order valence-corrected chi connectivity index (χ4v) is 1.62. The van der Waals surface area contributed by atoms with Crippen molar-refractivity contribution in [1.29, 1.82) is 0 Å². The van der Waals surface area contributed by atoms with Crippen molar-refractivity contribution in [2.45, 2.75) is 20.8 Å². The third-order valence-electron chi connectivity index (χ3n) is 2.64. The van der Waals surface area contributed by atoms with Gasteiger partial charge >= 0.3 is 0 Å². The van der Waals surface area contributed by atoms with Crippen molar-refractivity contribution in [3.8, 4) is 0 Å². The quantitative estimate of drug-likeness (QED) is 0.829. The maximum Gasteiger partial charge on any atom is 0.136 e. The van der Waals surface area contributed by atoms with E-state index < -0.39 is 0 Å². The summed E-state index contributed by atoms with van der Waals surface area (Å²) in [7, 11) is 0. The highest BCUT2D eigenvalue weighted by Gasteiger charge is 2.01. The van der Waals surface area contributed by atoms with Crippen LogP contribution < -0.4 is 11.1 Å². The molecule has 88 valence electrons. The van der Waals surface area contributed by atoms with Crippen LogP contribution in [0.1, 0.15) is 17.0 Å². The van der Waals surface area contributed by atoms with Gasteiger partial charge in [0.1, 0.15) is 17.5 Å². The third-order valence-corrected chi connectivity index (χ3v) is 2.64. The topological polar surface area (TPSA) is 63.8 Å². The van der Waals surface area contributed by atoms with Gasteiger partial charge in [0.05, 0.1) is 0 Å². The summed E-state index contributed by atoms with van der Waals surface area (Å²) >= 11 is 0. The molecule has 0 saturated heterocycles. The number of anilines is 3. The number of aromatic nitrogens is 2. The van der Waals surface area contributed by atoms with Crippen LogP contribution in [0.3, 0.4) is 0 Å². The summed E-state index contributed by atoms with van der Waals surface area (Å²) in [6, 6.07) is 7.91. The van der Waals surface area contributed by atoms with Gasteiger partial charge in [-0.2, -0.15) is 0 Å². The third kappa shape index (κ3) is 2.72. The normalized spacial score (nSPS) is 10.3. The van der Waals surface area contributed by atoms with E-state index in [1.807, 2.05) is 13.0 Å². The van der Waals surface area contributed by atoms with Crippen LogP contribution in [0.5, 0.6) is 0 Å². The summed E-state index contributed by atoms with van der Waals surface area (Å²) in [6.07, 6.45) is 0. The molecule has 1 aromatic heterocycles. The Morgan fingerprint density at radius 3 is 2.41 bits per heavy atom. The van der Waals surface area contributed by atoms with E-state index in [0.717, 1.165) is 11.5 Å². The van der Waals surface area contributed by atoms with Gasteiger partial charge in [-0.3, -0.25) is 0 Å². The molecule has 4 nitrogen and oxygen atoms in total. The summed E-state index contributed by atoms with van der Waals surface area (Å²) < 4.78 is 0. The van der Waals surface area contributed by atoms with E-state index in [4.69, 9.17) is 5.73 Å². The van der Waals surface area contributed by atoms with E-state index in [1.165, 1.54) is 11.1 Å². The molecular formula is C13H16N4. The largest absolute Gasteiger partial charge is 0.384 e. The van der Waals surface area contributed by atoms with Gasteiger partial charge in [-0.25, -0.2) is 9.97 Å². The van der Waals surface area contributed by atoms with Crippen molar-refractivity contribution >= 4 is 17.3 Å². The zero-order chi connectivity index (χ0) is 12.4. The summed E-state index contributed by atoms with van der Waals surface area (Å²) in [4.78, 5) is 8.31. The molecule has 4 heteroatoms. The van der Waals surface area contributed by atoms with Gasteiger partial charge in [0, 0.05) is 11.8 Å². The molecule has 0 unspecified atom stereocenters. The number of nitrogens with two attached hydrogens (primary N) is 1. The van der Waals surface area contributed by atoms with Gasteiger partial charge in [-0.15, -0.1) is 0 Å². The van der Waals surface area contributed by atoms with Crippen molar-refractivity contribution in [3.05, 3.63) is 41.2 Å². The van der Waals surface area contributed by atoms with Crippen molar-refractivity contribution in [3.63, 3.8) is 0 Å². The summed E-state index contributed by atoms with van der Waals surface area (Å²) in [5.74, 6) is 1.86. The molecule has 1 aromatic carbocycles. The first-order valence-corrected chi connectivity index (χ1v) is 5.50. The number of hydrogen-bond acceptors (Lipinski definition) is 4. The predicted octanol–water partition coefficient (Wildman–Crippen LogP) is 2.73. The van der Waals surface area contributed by atoms with Crippen LogP contribution in [-0.4, -0.2) is 9.97 Å². The Hall–Kier alpha value is -2.10. The number of nitrogens with zero attached hydrogens (tertiary/aromatic N) is 2. The number of rotatable bonds is 2. The Bertz CT molecular complexity index is 529. The standard InChI is InChI=1S/C13H16N4/c1-8-4-5-11(6-9(8)2)17-13-7-12(14)15-10(3)16-13/h4-7H,1-3H3,(H3,14,15,16,17). The molecule has 2 rings (SSSR count). The molecule has 0 radical (unpaired) electrons. The lowest BCUT2D eigenvalue weighted by Gasteiger charge is -2.08. The minimum Gasteiger partial charge on any atom is -0.384 e. The molecule has 1 heterocycles. The molecule has 0 aliphatic rings. The van der Waals surface area contributed by atoms with Crippen LogP contribution in [0.4, 0.5) is 17.3 Å². The van der Waals surface area contributed by atoms with Crippen LogP contribution in [0.2, 0.25) is 0 Å². The Labute approximate surface area is 101 Å². The molecule has 0 fully saturated rings. The minimum absolute atomic E-state index is 0.476. The Balaban J connectivity index is 2.28. The summed E-state index contributed by atoms with van der Waals surface area (Å²) in [6.45, 7) is 5.99. The Morgan fingerprint density at radius 2 is 1.76 bits per heavy atom. The van der Waals surface area contributed by atoms with Gasteiger partial charge in [0.15, 0.2) is 0 Å². The minimum atomic E-state index is 0.476. The van der Waals surface area contributed by atoms with E-state index in [0.29, 0.717) is 11.6 Å². The number of hydrogen-bond donors (Lipinski definition) is 2. The Morgan fingerprint density at radius 1 is 1.00 bits per heavy atom. The molecule has 0 aliphatic heterocycles. The molecular weight excluding hydrogens is 212 g/mol. The van der Waals surface area contributed by atoms with Gasteiger partial charge in [0.25, 0.3) is 0 Å². The molecule has 0 atom stereocenters. The van der Waals surface area contributed by atoms with Crippen molar-refractivity contribution in [2.75, 3.05) is 11.1 Å².